The van der Waals surface area contributed by atoms with Crippen LogP contribution in [0, 0.1) is 6.92 Å². The predicted molar refractivity (Wildman–Crippen MR) is 89.4 cm³/mol. The number of aryl methyl sites for hydroxylation is 1. The van der Waals surface area contributed by atoms with Gasteiger partial charge in [-0.15, -0.1) is 0 Å². The maximum atomic E-state index is 5.61. The summed E-state index contributed by atoms with van der Waals surface area (Å²) in [5.41, 5.74) is 13.2. The van der Waals surface area contributed by atoms with Gasteiger partial charge in [0.1, 0.15) is 5.15 Å². The van der Waals surface area contributed by atoms with Crippen LogP contribution in [-0.4, -0.2) is 23.2 Å². The number of ether oxygens (including phenoxy) is 2. The average molecular weight is 325 g/mol. The number of halogens is 1. The van der Waals surface area contributed by atoms with Gasteiger partial charge in [0.15, 0.2) is 0 Å². The lowest BCUT2D eigenvalue weighted by molar-refractivity contribution is 0.326. The van der Waals surface area contributed by atoms with E-state index in [4.69, 9.17) is 32.5 Å². The SMILES string of the molecule is CCOc1cc(N)cc(C)n1.CCOc1cc(N)cc(Cl)n1. The van der Waals surface area contributed by atoms with Gasteiger partial charge in [-0.25, -0.2) is 9.97 Å². The van der Waals surface area contributed by atoms with E-state index >= 15 is 0 Å². The second kappa shape index (κ2) is 8.94. The predicted octanol–water partition coefficient (Wildman–Crippen LogP) is 3.09. The molecule has 22 heavy (non-hydrogen) atoms. The van der Waals surface area contributed by atoms with Gasteiger partial charge in [-0.1, -0.05) is 11.6 Å². The van der Waals surface area contributed by atoms with Crippen molar-refractivity contribution in [3.05, 3.63) is 35.1 Å². The highest BCUT2D eigenvalue weighted by molar-refractivity contribution is 6.29. The third kappa shape index (κ3) is 6.49. The van der Waals surface area contributed by atoms with E-state index in [2.05, 4.69) is 9.97 Å². The monoisotopic (exact) mass is 324 g/mol. The van der Waals surface area contributed by atoms with Gasteiger partial charge in [-0.3, -0.25) is 0 Å². The smallest absolute Gasteiger partial charge is 0.216 e. The van der Waals surface area contributed by atoms with E-state index in [1.54, 1.807) is 18.2 Å². The first-order chi connectivity index (χ1) is 10.4. The molecule has 7 heteroatoms. The Bertz CT molecular complexity index is 514. The largest absolute Gasteiger partial charge is 0.478 e. The number of nitrogen functional groups attached to an aromatic ring is 2. The Balaban J connectivity index is 0.000000220. The molecule has 0 atom stereocenters. The third-order valence-corrected chi connectivity index (χ3v) is 2.52. The van der Waals surface area contributed by atoms with Crippen LogP contribution < -0.4 is 20.9 Å². The van der Waals surface area contributed by atoms with Gasteiger partial charge in [0.05, 0.1) is 13.2 Å². The molecule has 120 valence electrons. The van der Waals surface area contributed by atoms with Crippen LogP contribution in [0.25, 0.3) is 0 Å². The highest BCUT2D eigenvalue weighted by Gasteiger charge is 1.98. The van der Waals surface area contributed by atoms with E-state index in [1.165, 1.54) is 0 Å². The summed E-state index contributed by atoms with van der Waals surface area (Å²) in [6.07, 6.45) is 0. The second-order valence-electron chi connectivity index (χ2n) is 4.31. The number of rotatable bonds is 4. The van der Waals surface area contributed by atoms with Crippen LogP contribution in [-0.2, 0) is 0 Å². The summed E-state index contributed by atoms with van der Waals surface area (Å²) < 4.78 is 10.3. The summed E-state index contributed by atoms with van der Waals surface area (Å²) >= 11 is 5.61. The molecule has 0 aliphatic heterocycles. The van der Waals surface area contributed by atoms with E-state index < -0.39 is 0 Å². The first-order valence-corrected chi connectivity index (χ1v) is 7.25. The van der Waals surface area contributed by atoms with Gasteiger partial charge in [-0.05, 0) is 32.9 Å². The molecule has 6 nitrogen and oxygen atoms in total. The van der Waals surface area contributed by atoms with Crippen molar-refractivity contribution < 1.29 is 9.47 Å². The van der Waals surface area contributed by atoms with E-state index in [1.807, 2.05) is 26.8 Å². The molecule has 2 heterocycles. The summed E-state index contributed by atoms with van der Waals surface area (Å²) in [5.74, 6) is 1.07. The zero-order valence-corrected chi connectivity index (χ0v) is 13.7. The van der Waals surface area contributed by atoms with Crippen molar-refractivity contribution in [2.75, 3.05) is 24.7 Å². The van der Waals surface area contributed by atoms with Crippen molar-refractivity contribution in [1.29, 1.82) is 0 Å². The van der Waals surface area contributed by atoms with Crippen LogP contribution in [0.4, 0.5) is 11.4 Å². The van der Waals surface area contributed by atoms with E-state index in [0.717, 1.165) is 5.69 Å². The van der Waals surface area contributed by atoms with Crippen molar-refractivity contribution >= 4 is 23.0 Å². The number of hydrogen-bond acceptors (Lipinski definition) is 6. The Morgan fingerprint density at radius 1 is 0.909 bits per heavy atom. The fourth-order valence-electron chi connectivity index (χ4n) is 1.60. The Kier molecular flexibility index (Phi) is 7.25. The minimum absolute atomic E-state index is 0.355. The summed E-state index contributed by atoms with van der Waals surface area (Å²) in [7, 11) is 0. The molecule has 2 aromatic rings. The van der Waals surface area contributed by atoms with E-state index in [-0.39, 0.29) is 0 Å². The lowest BCUT2D eigenvalue weighted by Gasteiger charge is -2.03. The molecule has 0 saturated heterocycles. The molecule has 0 amide bonds. The summed E-state index contributed by atoms with van der Waals surface area (Å²) in [6.45, 7) is 6.86. The zero-order chi connectivity index (χ0) is 16.5. The molecule has 2 rings (SSSR count). The Hall–Kier alpha value is -2.21. The van der Waals surface area contributed by atoms with Crippen molar-refractivity contribution in [3.8, 4) is 11.8 Å². The molecule has 2 aromatic heterocycles. The summed E-state index contributed by atoms with van der Waals surface area (Å²) in [6, 6.07) is 6.73. The molecule has 0 saturated carbocycles. The minimum atomic E-state index is 0.355. The van der Waals surface area contributed by atoms with Crippen molar-refractivity contribution in [2.45, 2.75) is 20.8 Å². The first kappa shape index (κ1) is 17.8. The molecule has 0 aromatic carbocycles. The Morgan fingerprint density at radius 2 is 1.41 bits per heavy atom. The van der Waals surface area contributed by atoms with Crippen LogP contribution in [0.15, 0.2) is 24.3 Å². The van der Waals surface area contributed by atoms with Crippen LogP contribution in [0.5, 0.6) is 11.8 Å². The summed E-state index contributed by atoms with van der Waals surface area (Å²) in [4.78, 5) is 8.01. The molecular weight excluding hydrogens is 304 g/mol. The van der Waals surface area contributed by atoms with Gasteiger partial charge >= 0.3 is 0 Å². The number of nitrogens with two attached hydrogens (primary N) is 2. The quantitative estimate of drug-likeness (QED) is 0.839. The van der Waals surface area contributed by atoms with Crippen LogP contribution in [0.1, 0.15) is 19.5 Å². The van der Waals surface area contributed by atoms with Gasteiger partial charge < -0.3 is 20.9 Å². The highest BCUT2D eigenvalue weighted by Crippen LogP contribution is 2.17. The van der Waals surface area contributed by atoms with Crippen LogP contribution >= 0.6 is 11.6 Å². The third-order valence-electron chi connectivity index (χ3n) is 2.33. The maximum absolute atomic E-state index is 5.61. The lowest BCUT2D eigenvalue weighted by atomic mass is 10.3. The van der Waals surface area contributed by atoms with Crippen LogP contribution in [0.3, 0.4) is 0 Å². The number of aromatic nitrogens is 2. The maximum Gasteiger partial charge on any atom is 0.216 e. The average Bonchev–Trinajstić information content (AvgIpc) is 2.37. The number of hydrogen-bond donors (Lipinski definition) is 2. The molecule has 0 radical (unpaired) electrons. The fraction of sp³-hybridized carbons (Fsp3) is 0.333. The molecule has 0 fully saturated rings. The van der Waals surface area contributed by atoms with Crippen molar-refractivity contribution in [1.82, 2.24) is 9.97 Å². The molecular formula is C15H21ClN4O2. The van der Waals surface area contributed by atoms with Crippen molar-refractivity contribution in [3.63, 3.8) is 0 Å². The number of pyridine rings is 2. The first-order valence-electron chi connectivity index (χ1n) is 6.87. The number of anilines is 2. The molecule has 0 bridgehead atoms. The molecule has 0 aliphatic carbocycles. The highest BCUT2D eigenvalue weighted by atomic mass is 35.5. The van der Waals surface area contributed by atoms with Gasteiger partial charge in [0.2, 0.25) is 11.8 Å². The van der Waals surface area contributed by atoms with E-state index in [0.29, 0.717) is 41.5 Å². The minimum Gasteiger partial charge on any atom is -0.478 e. The number of nitrogens with zero attached hydrogens (tertiary/aromatic N) is 2. The van der Waals surface area contributed by atoms with Crippen LogP contribution in [0.2, 0.25) is 5.15 Å². The zero-order valence-electron chi connectivity index (χ0n) is 13.0. The second-order valence-corrected chi connectivity index (χ2v) is 4.69. The Labute approximate surface area is 135 Å². The lowest BCUT2D eigenvalue weighted by Crippen LogP contribution is -1.97. The molecule has 0 spiro atoms. The Morgan fingerprint density at radius 3 is 1.86 bits per heavy atom. The molecule has 0 unspecified atom stereocenters. The summed E-state index contributed by atoms with van der Waals surface area (Å²) in [5, 5.41) is 0.355. The normalized spacial score (nSPS) is 9.64. The van der Waals surface area contributed by atoms with Crippen molar-refractivity contribution in [2.24, 2.45) is 0 Å². The van der Waals surface area contributed by atoms with Gasteiger partial charge in [0.25, 0.3) is 0 Å². The standard InChI is InChI=1S/C8H12N2O.C7H9ClN2O/c1-3-11-8-5-7(9)4-6(2)10-8;1-2-11-7-4-5(9)3-6(8)10-7/h4-5H,3H2,1-2H3,(H2,9,10);3-4H,2H2,1H3,(H2,9,10). The topological polar surface area (TPSA) is 96.3 Å². The van der Waals surface area contributed by atoms with Gasteiger partial charge in [-0.2, -0.15) is 0 Å². The molecule has 0 aliphatic rings. The molecule has 4 N–H and O–H groups in total. The van der Waals surface area contributed by atoms with E-state index in [9.17, 15) is 0 Å². The fourth-order valence-corrected chi connectivity index (χ4v) is 1.81. The van der Waals surface area contributed by atoms with Gasteiger partial charge in [0, 0.05) is 29.2 Å².